The van der Waals surface area contributed by atoms with Crippen LogP contribution in [0.2, 0.25) is 0 Å². The molecule has 0 aromatic heterocycles. The number of benzene rings is 1. The van der Waals surface area contributed by atoms with Crippen molar-refractivity contribution in [1.82, 2.24) is 5.32 Å². The van der Waals surface area contributed by atoms with Crippen LogP contribution in [-0.4, -0.2) is 38.9 Å². The fraction of sp³-hybridized carbons (Fsp3) is 0.667. The van der Waals surface area contributed by atoms with Crippen LogP contribution in [0.1, 0.15) is 31.7 Å². The maximum Gasteiger partial charge on any atom is 0.0552 e. The number of ether oxygens (including phenoxy) is 1. The molecule has 0 radical (unpaired) electrons. The summed E-state index contributed by atoms with van der Waals surface area (Å²) in [5.41, 5.74) is 2.96. The normalized spacial score (nSPS) is 25.2. The number of nitrogens with one attached hydrogen (secondary N) is 1. The molecule has 1 atom stereocenters. The van der Waals surface area contributed by atoms with Gasteiger partial charge in [0.2, 0.25) is 0 Å². The van der Waals surface area contributed by atoms with Gasteiger partial charge in [-0.15, -0.1) is 0 Å². The first kappa shape index (κ1) is 14.9. The Labute approximate surface area is 128 Å². The van der Waals surface area contributed by atoms with E-state index in [0.717, 1.165) is 38.9 Å². The molecule has 1 saturated carbocycles. The molecule has 1 heterocycles. The Kier molecular flexibility index (Phi) is 4.51. The van der Waals surface area contributed by atoms with Crippen LogP contribution < -0.4 is 10.2 Å². The Hall–Kier alpha value is -1.06. The minimum atomic E-state index is 0.280. The van der Waals surface area contributed by atoms with E-state index in [1.54, 1.807) is 0 Å². The van der Waals surface area contributed by atoms with Crippen LogP contribution in [0.4, 0.5) is 5.69 Å². The van der Waals surface area contributed by atoms with Crippen molar-refractivity contribution in [2.45, 2.75) is 39.2 Å². The molecular formula is C18H28N2O. The van der Waals surface area contributed by atoms with E-state index in [2.05, 4.69) is 48.3 Å². The lowest BCUT2D eigenvalue weighted by atomic mass is 9.86. The fourth-order valence-electron chi connectivity index (χ4n) is 3.23. The fourth-order valence-corrected chi connectivity index (χ4v) is 3.23. The molecular weight excluding hydrogens is 260 g/mol. The molecule has 1 saturated heterocycles. The first-order valence-corrected chi connectivity index (χ1v) is 8.33. The van der Waals surface area contributed by atoms with Gasteiger partial charge in [0.05, 0.1) is 6.61 Å². The summed E-state index contributed by atoms with van der Waals surface area (Å²) in [6.45, 7) is 9.47. The molecule has 2 fully saturated rings. The van der Waals surface area contributed by atoms with E-state index in [9.17, 15) is 0 Å². The van der Waals surface area contributed by atoms with Gasteiger partial charge in [0, 0.05) is 43.4 Å². The first-order valence-electron chi connectivity index (χ1n) is 8.33. The molecule has 1 unspecified atom stereocenters. The number of hydrogen-bond acceptors (Lipinski definition) is 3. The largest absolute Gasteiger partial charge is 0.381 e. The summed E-state index contributed by atoms with van der Waals surface area (Å²) in [5, 5.41) is 3.72. The number of hydrogen-bond donors (Lipinski definition) is 1. The van der Waals surface area contributed by atoms with Gasteiger partial charge in [-0.25, -0.2) is 0 Å². The highest BCUT2D eigenvalue weighted by molar-refractivity contribution is 5.48. The van der Waals surface area contributed by atoms with Crippen molar-refractivity contribution in [3.63, 3.8) is 0 Å². The van der Waals surface area contributed by atoms with Crippen molar-refractivity contribution in [3.8, 4) is 0 Å². The predicted octanol–water partition coefficient (Wildman–Crippen LogP) is 2.98. The molecule has 1 aliphatic heterocycles. The molecule has 116 valence electrons. The minimum Gasteiger partial charge on any atom is -0.381 e. The highest BCUT2D eigenvalue weighted by atomic mass is 16.5. The summed E-state index contributed by atoms with van der Waals surface area (Å²) < 4.78 is 5.75. The highest BCUT2D eigenvalue weighted by Crippen LogP contribution is 2.32. The first-order chi connectivity index (χ1) is 10.2. The Morgan fingerprint density at radius 3 is 2.86 bits per heavy atom. The Morgan fingerprint density at radius 1 is 1.38 bits per heavy atom. The lowest BCUT2D eigenvalue weighted by Gasteiger charge is -2.35. The van der Waals surface area contributed by atoms with E-state index in [4.69, 9.17) is 4.74 Å². The van der Waals surface area contributed by atoms with Crippen LogP contribution in [-0.2, 0) is 4.74 Å². The summed E-state index contributed by atoms with van der Waals surface area (Å²) >= 11 is 0. The lowest BCUT2D eigenvalue weighted by Crippen LogP contribution is -2.45. The summed E-state index contributed by atoms with van der Waals surface area (Å²) in [7, 11) is 0. The van der Waals surface area contributed by atoms with Crippen molar-refractivity contribution in [2.75, 3.05) is 37.7 Å². The Bertz CT molecular complexity index is 464. The summed E-state index contributed by atoms with van der Waals surface area (Å²) in [5.74, 6) is 0. The van der Waals surface area contributed by atoms with Crippen molar-refractivity contribution >= 4 is 5.69 Å². The van der Waals surface area contributed by atoms with E-state index < -0.39 is 0 Å². The lowest BCUT2D eigenvalue weighted by molar-refractivity contribution is 0.152. The van der Waals surface area contributed by atoms with E-state index in [-0.39, 0.29) is 5.41 Å². The monoisotopic (exact) mass is 288 g/mol. The molecule has 1 N–H and O–H groups in total. The summed E-state index contributed by atoms with van der Waals surface area (Å²) in [6.07, 6.45) is 3.88. The molecule has 3 rings (SSSR count). The third-order valence-electron chi connectivity index (χ3n) is 4.80. The second kappa shape index (κ2) is 6.37. The second-order valence-corrected chi connectivity index (χ2v) is 6.81. The van der Waals surface area contributed by atoms with Gasteiger partial charge in [-0.1, -0.05) is 12.1 Å². The molecule has 21 heavy (non-hydrogen) atoms. The molecule has 1 aromatic rings. The third kappa shape index (κ3) is 3.78. The minimum absolute atomic E-state index is 0.280. The smallest absolute Gasteiger partial charge is 0.0552 e. The van der Waals surface area contributed by atoms with Crippen LogP contribution >= 0.6 is 0 Å². The molecule has 3 heteroatoms. The molecule has 0 amide bonds. The maximum absolute atomic E-state index is 5.75. The van der Waals surface area contributed by atoms with E-state index in [1.165, 1.54) is 30.5 Å². The van der Waals surface area contributed by atoms with Crippen LogP contribution in [0.3, 0.4) is 0 Å². The van der Waals surface area contributed by atoms with Gasteiger partial charge in [-0.2, -0.15) is 0 Å². The quantitative estimate of drug-likeness (QED) is 0.835. The van der Waals surface area contributed by atoms with Crippen LogP contribution in [0.25, 0.3) is 0 Å². The molecule has 0 spiro atoms. The van der Waals surface area contributed by atoms with Gasteiger partial charge in [0.25, 0.3) is 0 Å². The molecule has 0 bridgehead atoms. The number of anilines is 1. The average Bonchev–Trinajstić information content (AvgIpc) is 3.22. The standard InChI is InChI=1S/C18H28N2O/c1-3-20(17-6-4-5-15(2)11-17)13-18(9-10-21-14-18)12-19-16-7-8-16/h4-6,11,16,19H,3,7-10,12-14H2,1-2H3. The van der Waals surface area contributed by atoms with Crippen molar-refractivity contribution in [1.29, 1.82) is 0 Å². The molecule has 1 aromatic carbocycles. The zero-order valence-electron chi connectivity index (χ0n) is 13.4. The number of rotatable bonds is 7. The van der Waals surface area contributed by atoms with E-state index in [1.807, 2.05) is 0 Å². The third-order valence-corrected chi connectivity index (χ3v) is 4.80. The van der Waals surface area contributed by atoms with Crippen molar-refractivity contribution in [2.24, 2.45) is 5.41 Å². The zero-order valence-corrected chi connectivity index (χ0v) is 13.4. The van der Waals surface area contributed by atoms with Gasteiger partial charge in [0.1, 0.15) is 0 Å². The Morgan fingerprint density at radius 2 is 2.24 bits per heavy atom. The molecule has 2 aliphatic rings. The van der Waals surface area contributed by atoms with E-state index >= 15 is 0 Å². The maximum atomic E-state index is 5.75. The Balaban J connectivity index is 1.70. The number of nitrogens with zero attached hydrogens (tertiary/aromatic N) is 1. The van der Waals surface area contributed by atoms with Gasteiger partial charge < -0.3 is 15.0 Å². The zero-order chi connectivity index (χ0) is 14.7. The molecule has 1 aliphatic carbocycles. The van der Waals surface area contributed by atoms with Gasteiger partial charge in [-0.05, 0) is 50.8 Å². The molecule has 3 nitrogen and oxygen atoms in total. The topological polar surface area (TPSA) is 24.5 Å². The highest BCUT2D eigenvalue weighted by Gasteiger charge is 2.38. The van der Waals surface area contributed by atoms with Gasteiger partial charge >= 0.3 is 0 Å². The van der Waals surface area contributed by atoms with Crippen LogP contribution in [0.15, 0.2) is 24.3 Å². The summed E-state index contributed by atoms with van der Waals surface area (Å²) in [4.78, 5) is 2.51. The predicted molar refractivity (Wildman–Crippen MR) is 88.0 cm³/mol. The van der Waals surface area contributed by atoms with Crippen molar-refractivity contribution in [3.05, 3.63) is 29.8 Å². The number of aryl methyl sites for hydroxylation is 1. The van der Waals surface area contributed by atoms with Crippen LogP contribution in [0.5, 0.6) is 0 Å². The van der Waals surface area contributed by atoms with Gasteiger partial charge in [0.15, 0.2) is 0 Å². The van der Waals surface area contributed by atoms with Crippen molar-refractivity contribution < 1.29 is 4.74 Å². The SMILES string of the molecule is CCN(CC1(CNC2CC2)CCOC1)c1cccc(C)c1. The van der Waals surface area contributed by atoms with E-state index in [0.29, 0.717) is 0 Å². The van der Waals surface area contributed by atoms with Gasteiger partial charge in [-0.3, -0.25) is 0 Å². The second-order valence-electron chi connectivity index (χ2n) is 6.81. The summed E-state index contributed by atoms with van der Waals surface area (Å²) in [6, 6.07) is 9.63. The van der Waals surface area contributed by atoms with Crippen LogP contribution in [0, 0.1) is 12.3 Å². The average molecular weight is 288 g/mol.